The average molecular weight is 414 g/mol. The lowest BCUT2D eigenvalue weighted by atomic mass is 10.1. The van der Waals surface area contributed by atoms with Gasteiger partial charge in [0.05, 0.1) is 18.1 Å². The Hall–Kier alpha value is -3.13. The Bertz CT molecular complexity index is 991. The van der Waals surface area contributed by atoms with Crippen molar-refractivity contribution in [1.82, 2.24) is 19.4 Å². The summed E-state index contributed by atoms with van der Waals surface area (Å²) in [5.41, 5.74) is 1.57. The molecule has 0 radical (unpaired) electrons. The molecule has 156 valence electrons. The van der Waals surface area contributed by atoms with Crippen LogP contribution in [-0.2, 0) is 12.7 Å². The maximum atomic E-state index is 13.0. The molecule has 0 bridgehead atoms. The first-order valence-electron chi connectivity index (χ1n) is 9.67. The molecule has 1 aromatic heterocycles. The van der Waals surface area contributed by atoms with Crippen molar-refractivity contribution in [3.63, 3.8) is 0 Å². The zero-order valence-electron chi connectivity index (χ0n) is 16.2. The molecule has 0 spiro atoms. The number of hydrogen-bond donors (Lipinski definition) is 0. The van der Waals surface area contributed by atoms with Gasteiger partial charge in [-0.2, -0.15) is 13.2 Å². The van der Waals surface area contributed by atoms with Gasteiger partial charge in [-0.15, -0.1) is 0 Å². The number of nitrogens with zero attached hydrogens (tertiary/aromatic N) is 4. The molecule has 5 nitrogen and oxygen atoms in total. The second kappa shape index (κ2) is 8.31. The Morgan fingerprint density at radius 1 is 0.933 bits per heavy atom. The van der Waals surface area contributed by atoms with Crippen LogP contribution in [0.1, 0.15) is 21.6 Å². The molecule has 2 aromatic carbocycles. The highest BCUT2D eigenvalue weighted by Crippen LogP contribution is 2.29. The minimum Gasteiger partial charge on any atom is -0.335 e. The monoisotopic (exact) mass is 414 g/mol. The van der Waals surface area contributed by atoms with Crippen LogP contribution >= 0.6 is 0 Å². The molecule has 1 aliphatic heterocycles. The van der Waals surface area contributed by atoms with Crippen LogP contribution in [0.5, 0.6) is 0 Å². The molecule has 1 saturated heterocycles. The highest BCUT2D eigenvalue weighted by atomic mass is 19.4. The number of rotatable bonds is 4. The Morgan fingerprint density at radius 3 is 2.23 bits per heavy atom. The third kappa shape index (κ3) is 4.38. The molecular formula is C22H21F3N4O. The van der Waals surface area contributed by atoms with Gasteiger partial charge in [0, 0.05) is 38.4 Å². The Balaban J connectivity index is 1.36. The summed E-state index contributed by atoms with van der Waals surface area (Å²) in [6.45, 7) is 2.99. The number of piperazine rings is 1. The minimum absolute atomic E-state index is 0.0782. The summed E-state index contributed by atoms with van der Waals surface area (Å²) in [7, 11) is 0. The number of alkyl halides is 3. The fraction of sp³-hybridized carbons (Fsp3) is 0.273. The maximum Gasteiger partial charge on any atom is 0.416 e. The van der Waals surface area contributed by atoms with Crippen LogP contribution < -0.4 is 0 Å². The predicted molar refractivity (Wildman–Crippen MR) is 106 cm³/mol. The quantitative estimate of drug-likeness (QED) is 0.651. The molecular weight excluding hydrogens is 393 g/mol. The van der Waals surface area contributed by atoms with Gasteiger partial charge in [-0.1, -0.05) is 30.3 Å². The highest BCUT2D eigenvalue weighted by molar-refractivity contribution is 5.93. The smallest absolute Gasteiger partial charge is 0.335 e. The molecule has 0 N–H and O–H groups in total. The van der Waals surface area contributed by atoms with Crippen LogP contribution in [0.4, 0.5) is 13.2 Å². The number of aromatic nitrogens is 2. The summed E-state index contributed by atoms with van der Waals surface area (Å²) in [5.74, 6) is -0.0782. The number of benzene rings is 2. The van der Waals surface area contributed by atoms with Gasteiger partial charge in [0.1, 0.15) is 5.69 Å². The first-order chi connectivity index (χ1) is 14.4. The number of carbonyl (C=O) groups is 1. The van der Waals surface area contributed by atoms with Crippen molar-refractivity contribution in [1.29, 1.82) is 0 Å². The van der Waals surface area contributed by atoms with Crippen LogP contribution in [0, 0.1) is 0 Å². The number of para-hydroxylation sites is 1. The third-order valence-corrected chi connectivity index (χ3v) is 5.24. The van der Waals surface area contributed by atoms with Crippen LogP contribution in [-0.4, -0.2) is 51.4 Å². The molecule has 4 rings (SSSR count). The number of amides is 1. The van der Waals surface area contributed by atoms with Crippen molar-refractivity contribution in [3.05, 3.63) is 83.9 Å². The third-order valence-electron chi connectivity index (χ3n) is 5.24. The van der Waals surface area contributed by atoms with E-state index in [0.717, 1.165) is 23.4 Å². The van der Waals surface area contributed by atoms with E-state index in [-0.39, 0.29) is 5.91 Å². The van der Waals surface area contributed by atoms with Gasteiger partial charge in [-0.25, -0.2) is 4.98 Å². The Morgan fingerprint density at radius 2 is 1.60 bits per heavy atom. The van der Waals surface area contributed by atoms with Gasteiger partial charge in [0.2, 0.25) is 0 Å². The molecule has 1 fully saturated rings. The maximum absolute atomic E-state index is 13.0. The topological polar surface area (TPSA) is 41.4 Å². The number of hydrogen-bond acceptors (Lipinski definition) is 3. The second-order valence-corrected chi connectivity index (χ2v) is 7.25. The van der Waals surface area contributed by atoms with E-state index in [1.54, 1.807) is 22.0 Å². The van der Waals surface area contributed by atoms with Crippen molar-refractivity contribution in [2.75, 3.05) is 26.2 Å². The van der Waals surface area contributed by atoms with Crippen LogP contribution in [0.15, 0.2) is 67.1 Å². The van der Waals surface area contributed by atoms with E-state index in [1.807, 2.05) is 30.3 Å². The molecule has 1 amide bonds. The summed E-state index contributed by atoms with van der Waals surface area (Å²) in [5, 5.41) is 0. The van der Waals surface area contributed by atoms with Gasteiger partial charge >= 0.3 is 6.18 Å². The lowest BCUT2D eigenvalue weighted by molar-refractivity contribution is -0.137. The van der Waals surface area contributed by atoms with E-state index >= 15 is 0 Å². The molecule has 2 heterocycles. The first kappa shape index (κ1) is 20.2. The van der Waals surface area contributed by atoms with E-state index in [4.69, 9.17) is 0 Å². The largest absolute Gasteiger partial charge is 0.416 e. The number of imidazole rings is 1. The Labute approximate surface area is 172 Å². The van der Waals surface area contributed by atoms with Crippen molar-refractivity contribution < 1.29 is 18.0 Å². The minimum atomic E-state index is -4.32. The van der Waals surface area contributed by atoms with Crippen LogP contribution in [0.3, 0.4) is 0 Å². The number of halogens is 3. The van der Waals surface area contributed by atoms with Gasteiger partial charge < -0.3 is 4.90 Å². The summed E-state index contributed by atoms with van der Waals surface area (Å²) in [6, 6.07) is 14.8. The molecule has 0 aliphatic carbocycles. The van der Waals surface area contributed by atoms with Gasteiger partial charge in [-0.05, 0) is 29.8 Å². The molecule has 0 atom stereocenters. The van der Waals surface area contributed by atoms with E-state index in [1.165, 1.54) is 12.1 Å². The fourth-order valence-electron chi connectivity index (χ4n) is 3.58. The standard InChI is InChI=1S/C22H21F3N4O/c23-22(24,25)18-8-6-17(7-9-18)15-27-10-12-28(13-11-27)21(30)20-14-26-16-29(20)19-4-2-1-3-5-19/h1-9,14,16H,10-13,15H2. The lowest BCUT2D eigenvalue weighted by Gasteiger charge is -2.34. The molecule has 0 unspecified atom stereocenters. The number of carbonyl (C=O) groups excluding carboxylic acids is 1. The summed E-state index contributed by atoms with van der Waals surface area (Å²) < 4.78 is 39.9. The second-order valence-electron chi connectivity index (χ2n) is 7.25. The summed E-state index contributed by atoms with van der Waals surface area (Å²) >= 11 is 0. The highest BCUT2D eigenvalue weighted by Gasteiger charge is 2.30. The van der Waals surface area contributed by atoms with Crippen LogP contribution in [0.25, 0.3) is 5.69 Å². The van der Waals surface area contributed by atoms with Gasteiger partial charge in [0.15, 0.2) is 0 Å². The molecule has 3 aromatic rings. The van der Waals surface area contributed by atoms with Gasteiger partial charge in [-0.3, -0.25) is 14.3 Å². The molecule has 8 heteroatoms. The molecule has 0 saturated carbocycles. The first-order valence-corrected chi connectivity index (χ1v) is 9.67. The molecule has 30 heavy (non-hydrogen) atoms. The average Bonchev–Trinajstić information content (AvgIpc) is 3.24. The summed E-state index contributed by atoms with van der Waals surface area (Å²) in [6.07, 6.45) is -1.12. The predicted octanol–water partition coefficient (Wildman–Crippen LogP) is 3.85. The van der Waals surface area contributed by atoms with E-state index in [9.17, 15) is 18.0 Å². The van der Waals surface area contributed by atoms with Crippen molar-refractivity contribution in [2.45, 2.75) is 12.7 Å². The van der Waals surface area contributed by atoms with Crippen molar-refractivity contribution in [2.24, 2.45) is 0 Å². The van der Waals surface area contributed by atoms with E-state index in [2.05, 4.69) is 9.88 Å². The molecule has 1 aliphatic rings. The zero-order valence-corrected chi connectivity index (χ0v) is 16.2. The summed E-state index contributed by atoms with van der Waals surface area (Å²) in [4.78, 5) is 21.1. The SMILES string of the molecule is O=C(c1cncn1-c1ccccc1)N1CCN(Cc2ccc(C(F)(F)F)cc2)CC1. The van der Waals surface area contributed by atoms with Crippen molar-refractivity contribution in [3.8, 4) is 5.69 Å². The normalized spacial score (nSPS) is 15.4. The van der Waals surface area contributed by atoms with Gasteiger partial charge in [0.25, 0.3) is 5.91 Å². The zero-order chi connectivity index (χ0) is 21.1. The van der Waals surface area contributed by atoms with E-state index < -0.39 is 11.7 Å². The van der Waals surface area contributed by atoms with Crippen molar-refractivity contribution >= 4 is 5.91 Å². The van der Waals surface area contributed by atoms with Crippen LogP contribution in [0.2, 0.25) is 0 Å². The van der Waals surface area contributed by atoms with E-state index in [0.29, 0.717) is 38.4 Å². The lowest BCUT2D eigenvalue weighted by Crippen LogP contribution is -2.48. The Kier molecular flexibility index (Phi) is 5.59. The fourth-order valence-corrected chi connectivity index (χ4v) is 3.58.